The molecular formula is C25H18CaO10S5. The molecule has 5 heterocycles. The monoisotopic (exact) mass is 678 g/mol. The summed E-state index contributed by atoms with van der Waals surface area (Å²) in [5.41, 5.74) is 0. The number of rotatable bonds is 5. The van der Waals surface area contributed by atoms with Crippen molar-refractivity contribution in [1.82, 2.24) is 0 Å². The Kier molecular flexibility index (Phi) is 20.3. The molecule has 10 nitrogen and oxygen atoms in total. The van der Waals surface area contributed by atoms with Gasteiger partial charge in [0.15, 0.2) is 0 Å². The molecule has 0 radical (unpaired) electrons. The van der Waals surface area contributed by atoms with Crippen molar-refractivity contribution < 1.29 is 49.5 Å². The van der Waals surface area contributed by atoms with E-state index in [0.29, 0.717) is 14.6 Å². The van der Waals surface area contributed by atoms with Crippen molar-refractivity contribution in [3.8, 4) is 0 Å². The predicted molar refractivity (Wildman–Crippen MR) is 157 cm³/mol. The van der Waals surface area contributed by atoms with E-state index in [2.05, 4.69) is 0 Å². The van der Waals surface area contributed by atoms with Gasteiger partial charge in [0, 0.05) is 9.75 Å². The molecule has 0 amide bonds. The van der Waals surface area contributed by atoms with E-state index in [0.717, 1.165) is 0 Å². The van der Waals surface area contributed by atoms with Crippen molar-refractivity contribution in [3.63, 3.8) is 0 Å². The van der Waals surface area contributed by atoms with E-state index in [-0.39, 0.29) is 47.5 Å². The summed E-state index contributed by atoms with van der Waals surface area (Å²) in [7, 11) is 0. The van der Waals surface area contributed by atoms with E-state index >= 15 is 0 Å². The molecule has 210 valence electrons. The number of carboxylic acids is 5. The summed E-state index contributed by atoms with van der Waals surface area (Å²) in [6.07, 6.45) is 0. The van der Waals surface area contributed by atoms with E-state index in [1.165, 1.54) is 68.8 Å². The van der Waals surface area contributed by atoms with E-state index in [1.54, 1.807) is 75.4 Å². The van der Waals surface area contributed by atoms with Gasteiger partial charge in [-0.1, -0.05) is 30.3 Å². The van der Waals surface area contributed by atoms with Gasteiger partial charge in [0.2, 0.25) is 0 Å². The first-order valence-corrected chi connectivity index (χ1v) is 14.7. The maximum Gasteiger partial charge on any atom is 2.00 e. The molecule has 0 aliphatic carbocycles. The van der Waals surface area contributed by atoms with Gasteiger partial charge in [0.25, 0.3) is 0 Å². The minimum absolute atomic E-state index is 0. The summed E-state index contributed by atoms with van der Waals surface area (Å²) >= 11 is 6.03. The molecule has 5 aromatic heterocycles. The van der Waals surface area contributed by atoms with E-state index in [4.69, 9.17) is 15.3 Å². The van der Waals surface area contributed by atoms with Gasteiger partial charge in [-0.05, 0) is 57.2 Å². The van der Waals surface area contributed by atoms with Gasteiger partial charge in [-0.2, -0.15) is 0 Å². The zero-order valence-corrected chi connectivity index (χ0v) is 26.9. The second-order valence-corrected chi connectivity index (χ2v) is 11.1. The number of carbonyl (C=O) groups excluding carboxylic acids is 2. The Hall–Kier alpha value is -2.89. The summed E-state index contributed by atoms with van der Waals surface area (Å²) in [4.78, 5) is 51.9. The smallest absolute Gasteiger partial charge is 0.544 e. The Morgan fingerprint density at radius 1 is 0.439 bits per heavy atom. The van der Waals surface area contributed by atoms with Crippen LogP contribution in [0.3, 0.4) is 0 Å². The molecule has 3 N–H and O–H groups in total. The van der Waals surface area contributed by atoms with Crippen LogP contribution in [0.25, 0.3) is 0 Å². The molecule has 5 rings (SSSR count). The topological polar surface area (TPSA) is 192 Å². The second-order valence-electron chi connectivity index (χ2n) is 6.38. The number of carboxylic acid groups (broad SMARTS) is 5. The fourth-order valence-electron chi connectivity index (χ4n) is 1.99. The first kappa shape index (κ1) is 38.1. The zero-order valence-electron chi connectivity index (χ0n) is 20.6. The van der Waals surface area contributed by atoms with Gasteiger partial charge >= 0.3 is 55.6 Å². The molecule has 16 heteroatoms. The van der Waals surface area contributed by atoms with Gasteiger partial charge in [0.05, 0.1) is 11.9 Å². The third kappa shape index (κ3) is 16.8. The first-order valence-electron chi connectivity index (χ1n) is 10.3. The molecule has 0 atom stereocenters. The van der Waals surface area contributed by atoms with Gasteiger partial charge in [-0.25, -0.2) is 14.4 Å². The second kappa shape index (κ2) is 21.8. The van der Waals surface area contributed by atoms with Crippen molar-refractivity contribution in [1.29, 1.82) is 0 Å². The molecule has 41 heavy (non-hydrogen) atoms. The summed E-state index contributed by atoms with van der Waals surface area (Å²) in [6.45, 7) is 0. The minimum atomic E-state index is -1.10. The van der Waals surface area contributed by atoms with Gasteiger partial charge < -0.3 is 35.1 Å². The average Bonchev–Trinajstić information content (AvgIpc) is 3.74. The summed E-state index contributed by atoms with van der Waals surface area (Å²) < 4.78 is 0. The van der Waals surface area contributed by atoms with Gasteiger partial charge in [-0.3, -0.25) is 0 Å². The molecule has 0 spiro atoms. The molecule has 0 fully saturated rings. The Morgan fingerprint density at radius 2 is 0.634 bits per heavy atom. The summed E-state index contributed by atoms with van der Waals surface area (Å²) in [6, 6.07) is 16.3. The SMILES string of the molecule is O=C(O)c1cccs1.O=C(O)c1cccs1.O=C(O)c1cccs1.O=C([O-])c1cccs1.O=C([O-])c1cccs1.[Ca+2]. The minimum Gasteiger partial charge on any atom is -0.544 e. The number of thiophene rings is 5. The number of hydrogen-bond acceptors (Lipinski definition) is 12. The molecule has 0 saturated carbocycles. The quantitative estimate of drug-likeness (QED) is 0.227. The summed E-state index contributed by atoms with van der Waals surface area (Å²) in [5.74, 6) is -4.74. The van der Waals surface area contributed by atoms with Crippen molar-refractivity contribution in [3.05, 3.63) is 112 Å². The molecule has 0 saturated heterocycles. The average molecular weight is 679 g/mol. The van der Waals surface area contributed by atoms with Crippen LogP contribution >= 0.6 is 56.7 Å². The van der Waals surface area contributed by atoms with Crippen molar-refractivity contribution in [2.24, 2.45) is 0 Å². The van der Waals surface area contributed by atoms with Crippen LogP contribution in [-0.4, -0.2) is 82.9 Å². The van der Waals surface area contributed by atoms with Crippen molar-refractivity contribution in [2.75, 3.05) is 0 Å². The predicted octanol–water partition coefficient (Wildman–Crippen LogP) is 4.18. The van der Waals surface area contributed by atoms with Gasteiger partial charge in [0.1, 0.15) is 14.6 Å². The zero-order chi connectivity index (χ0) is 29.9. The standard InChI is InChI=1S/5C5H4O2S.Ca/c5*6-5(7)4-2-1-3-8-4;/h5*1-3H,(H,6,7);/q;;;;;+2/p-2. The molecule has 0 aliphatic rings. The Balaban J connectivity index is 0.000000485. The number of hydrogen-bond donors (Lipinski definition) is 3. The molecule has 0 unspecified atom stereocenters. The Bertz CT molecular complexity index is 1160. The van der Waals surface area contributed by atoms with Crippen molar-refractivity contribution >= 4 is 124 Å². The maximum absolute atomic E-state index is 10.1. The van der Waals surface area contributed by atoms with Crippen LogP contribution in [0.2, 0.25) is 0 Å². The van der Waals surface area contributed by atoms with Gasteiger partial charge in [-0.15, -0.1) is 56.7 Å². The largest absolute Gasteiger partial charge is 2.00 e. The van der Waals surface area contributed by atoms with Crippen LogP contribution < -0.4 is 10.2 Å². The van der Waals surface area contributed by atoms with Crippen LogP contribution in [-0.2, 0) is 0 Å². The Labute approximate surface area is 283 Å². The third-order valence-corrected chi connectivity index (χ3v) is 7.91. The number of carbonyl (C=O) groups is 5. The Morgan fingerprint density at radius 3 is 0.707 bits per heavy atom. The van der Waals surface area contributed by atoms with Crippen molar-refractivity contribution in [2.45, 2.75) is 0 Å². The molecule has 0 aromatic carbocycles. The van der Waals surface area contributed by atoms with Crippen LogP contribution in [0, 0.1) is 0 Å². The van der Waals surface area contributed by atoms with Crippen LogP contribution in [0.1, 0.15) is 48.4 Å². The normalized spacial score (nSPS) is 8.78. The number of aromatic carboxylic acids is 5. The maximum atomic E-state index is 10.1. The third-order valence-electron chi connectivity index (χ3n) is 3.64. The van der Waals surface area contributed by atoms with Crippen LogP contribution in [0.5, 0.6) is 0 Å². The fraction of sp³-hybridized carbons (Fsp3) is 0. The first-order chi connectivity index (χ1) is 19.0. The van der Waals surface area contributed by atoms with Crippen LogP contribution in [0.4, 0.5) is 0 Å². The van der Waals surface area contributed by atoms with E-state index in [9.17, 15) is 34.2 Å². The summed E-state index contributed by atoms with van der Waals surface area (Å²) in [5, 5.41) is 53.4. The molecular weight excluding hydrogens is 661 g/mol. The fourth-order valence-corrected chi connectivity index (χ4v) is 4.79. The van der Waals surface area contributed by atoms with E-state index in [1.807, 2.05) is 0 Å². The van der Waals surface area contributed by atoms with Crippen LogP contribution in [0.15, 0.2) is 87.6 Å². The van der Waals surface area contributed by atoms with E-state index < -0.39 is 29.8 Å². The molecule has 5 aromatic rings. The molecule has 0 aliphatic heterocycles. The molecule has 0 bridgehead atoms.